The number of alkyl halides is 17. The van der Waals surface area contributed by atoms with Gasteiger partial charge in [0.25, 0.3) is 0 Å². The van der Waals surface area contributed by atoms with Crippen LogP contribution in [0.3, 0.4) is 0 Å². The van der Waals surface area contributed by atoms with Gasteiger partial charge in [-0.1, -0.05) is 0 Å². The monoisotopic (exact) mass is 550 g/mol. The first kappa shape index (κ1) is 34.1. The van der Waals surface area contributed by atoms with Crippen molar-refractivity contribution in [1.82, 2.24) is 0 Å². The molecule has 0 rings (SSSR count). The van der Waals surface area contributed by atoms with E-state index in [4.69, 9.17) is 4.89 Å². The van der Waals surface area contributed by atoms with E-state index in [0.717, 1.165) is 0 Å². The van der Waals surface area contributed by atoms with Gasteiger partial charge in [-0.3, -0.25) is 0 Å². The van der Waals surface area contributed by atoms with E-state index in [-0.39, 0.29) is 29.6 Å². The van der Waals surface area contributed by atoms with Crippen molar-refractivity contribution in [2.45, 2.75) is 54.1 Å². The molecule has 0 aliphatic rings. The van der Waals surface area contributed by atoms with Crippen molar-refractivity contribution in [2.75, 3.05) is 6.16 Å². The fourth-order valence-electron chi connectivity index (χ4n) is 1.64. The molecule has 0 heterocycles. The number of hydrogen-bond acceptors (Lipinski definition) is 2. The van der Waals surface area contributed by atoms with Crippen molar-refractivity contribution in [2.24, 2.45) is 0 Å². The Balaban J connectivity index is 0. The van der Waals surface area contributed by atoms with Crippen LogP contribution in [0.1, 0.15) is 6.42 Å². The van der Waals surface area contributed by atoms with Gasteiger partial charge in [-0.2, -0.15) is 74.6 Å². The van der Waals surface area contributed by atoms with E-state index in [1.807, 2.05) is 0 Å². The van der Waals surface area contributed by atoms with Gasteiger partial charge >= 0.3 is 77.2 Å². The van der Waals surface area contributed by atoms with E-state index in [9.17, 15) is 84.1 Å². The predicted octanol–water partition coefficient (Wildman–Crippen LogP) is 1.94. The van der Waals surface area contributed by atoms with Gasteiger partial charge in [-0.25, -0.2) is 0 Å². The second-order valence-electron chi connectivity index (χ2n) is 5.76. The van der Waals surface area contributed by atoms with Crippen LogP contribution < -0.4 is 34.5 Å². The molecule has 0 fully saturated rings. The Hall–Kier alpha value is -0.0400. The van der Waals surface area contributed by atoms with E-state index in [1.165, 1.54) is 0 Å². The van der Waals surface area contributed by atoms with Crippen molar-refractivity contribution in [3.8, 4) is 0 Å². The molecule has 0 aromatic heterocycles. The molecule has 0 aliphatic heterocycles. The first-order valence-corrected chi connectivity index (χ1v) is 8.46. The van der Waals surface area contributed by atoms with Crippen molar-refractivity contribution < 1.29 is 119 Å². The summed E-state index contributed by atoms with van der Waals surface area (Å²) in [5, 5.41) is 0. The molecule has 3 nitrogen and oxygen atoms in total. The molecule has 188 valence electrons. The third kappa shape index (κ3) is 5.13. The van der Waals surface area contributed by atoms with Gasteiger partial charge in [0, 0.05) is 12.6 Å². The normalized spacial score (nSPS) is 17.6. The largest absolute Gasteiger partial charge is 1.00 e. The van der Waals surface area contributed by atoms with E-state index in [2.05, 4.69) is 0 Å². The van der Waals surface area contributed by atoms with Gasteiger partial charge in [0.15, 0.2) is 0 Å². The van der Waals surface area contributed by atoms with Crippen molar-refractivity contribution in [1.29, 1.82) is 0 Å². The van der Waals surface area contributed by atoms with Crippen molar-refractivity contribution in [3.05, 3.63) is 0 Å². The van der Waals surface area contributed by atoms with Crippen LogP contribution in [0.4, 0.5) is 74.6 Å². The van der Waals surface area contributed by atoms with Crippen LogP contribution >= 0.6 is 7.60 Å². The molecule has 0 bridgehead atoms. The molecule has 22 heteroatoms. The predicted molar refractivity (Wildman–Crippen MR) is 60.0 cm³/mol. The molecule has 0 amide bonds. The Labute approximate surface area is 186 Å². The smallest absolute Gasteiger partial charge is 0.779 e. The maximum atomic E-state index is 13.3. The number of rotatable bonds is 9. The fourth-order valence-corrected chi connectivity index (χ4v) is 2.20. The third-order valence-electron chi connectivity index (χ3n) is 3.50. The summed E-state index contributed by atoms with van der Waals surface area (Å²) in [4.78, 5) is 18.3. The van der Waals surface area contributed by atoms with Crippen LogP contribution in [0, 0.1) is 0 Å². The summed E-state index contributed by atoms with van der Waals surface area (Å²) in [7, 11) is -6.01. The van der Waals surface area contributed by atoms with Gasteiger partial charge in [-0.15, -0.1) is 0 Å². The Morgan fingerprint density at radius 2 is 0.812 bits per heavy atom. The summed E-state index contributed by atoms with van der Waals surface area (Å²) in [6, 6.07) is 0. The SMILES string of the molecule is O=P([O-])(O)CCC(F)(F)C(F)(F)C(F)(F)C(F)(F)C(F)(F)C(F)(F)C(F)(F)C(F)(F)F.[Na+]. The van der Waals surface area contributed by atoms with E-state index in [0.29, 0.717) is 0 Å². The summed E-state index contributed by atoms with van der Waals surface area (Å²) in [6.07, 6.45) is -13.6. The standard InChI is InChI=1S/C10H6F17O3P.Na/c11-3(12,1-2-31(28,29)30)4(13,14)5(15,16)6(17,18)7(19,20)8(21,22)9(23,24)10(25,26)27;/h1-2H2,(H2,28,29,30);/q;+1/p-1. The Morgan fingerprint density at radius 3 is 1.06 bits per heavy atom. The van der Waals surface area contributed by atoms with Crippen LogP contribution in [-0.2, 0) is 4.57 Å². The quantitative estimate of drug-likeness (QED) is 0.272. The van der Waals surface area contributed by atoms with Gasteiger partial charge in [0.2, 0.25) is 0 Å². The molecule has 0 saturated carbocycles. The topological polar surface area (TPSA) is 60.4 Å². The Kier molecular flexibility index (Phi) is 9.46. The van der Waals surface area contributed by atoms with Crippen LogP contribution in [-0.4, -0.2) is 58.7 Å². The zero-order valence-corrected chi connectivity index (χ0v) is 17.4. The minimum Gasteiger partial charge on any atom is -0.779 e. The van der Waals surface area contributed by atoms with Gasteiger partial charge < -0.3 is 14.4 Å². The van der Waals surface area contributed by atoms with Crippen LogP contribution in [0.5, 0.6) is 0 Å². The molecule has 0 saturated heterocycles. The van der Waals surface area contributed by atoms with Gasteiger partial charge in [-0.05, 0) is 0 Å². The minimum absolute atomic E-state index is 0. The zero-order chi connectivity index (χ0) is 25.9. The zero-order valence-electron chi connectivity index (χ0n) is 14.6. The molecule has 1 atom stereocenters. The molecule has 0 aromatic rings. The molecular formula is C10H5F17NaO3P. The van der Waals surface area contributed by atoms with Gasteiger partial charge in [0.1, 0.15) is 7.60 Å². The first-order chi connectivity index (χ1) is 13.0. The summed E-state index contributed by atoms with van der Waals surface area (Å²) in [6.45, 7) is 0. The molecule has 0 aliphatic carbocycles. The van der Waals surface area contributed by atoms with Crippen LogP contribution in [0.25, 0.3) is 0 Å². The second kappa shape index (κ2) is 8.87. The summed E-state index contributed by atoms with van der Waals surface area (Å²) in [5.41, 5.74) is 0. The maximum absolute atomic E-state index is 13.3. The summed E-state index contributed by atoms with van der Waals surface area (Å²) >= 11 is 0. The van der Waals surface area contributed by atoms with E-state index >= 15 is 0 Å². The molecule has 1 N–H and O–H groups in total. The van der Waals surface area contributed by atoms with E-state index < -0.39 is 67.8 Å². The number of halogens is 17. The van der Waals surface area contributed by atoms with Gasteiger partial charge in [0.05, 0.1) is 0 Å². The Bertz CT molecular complexity index is 712. The molecule has 0 spiro atoms. The molecule has 32 heavy (non-hydrogen) atoms. The molecular weight excluding hydrogens is 545 g/mol. The minimum atomic E-state index is -8.74. The van der Waals surface area contributed by atoms with E-state index in [1.54, 1.807) is 0 Å². The van der Waals surface area contributed by atoms with Crippen LogP contribution in [0.2, 0.25) is 0 Å². The Morgan fingerprint density at radius 1 is 0.562 bits per heavy atom. The first-order valence-electron chi connectivity index (χ1n) is 6.70. The summed E-state index contributed by atoms with van der Waals surface area (Å²) in [5.74, 6) is -57.6. The third-order valence-corrected chi connectivity index (χ3v) is 4.28. The average molecular weight is 550 g/mol. The van der Waals surface area contributed by atoms with Crippen LogP contribution in [0.15, 0.2) is 0 Å². The second-order valence-corrected chi connectivity index (χ2v) is 7.48. The average Bonchev–Trinajstić information content (AvgIpc) is 2.50. The maximum Gasteiger partial charge on any atom is 1.00 e. The van der Waals surface area contributed by atoms with Crippen molar-refractivity contribution in [3.63, 3.8) is 0 Å². The molecule has 0 aromatic carbocycles. The fraction of sp³-hybridized carbons (Fsp3) is 1.00. The van der Waals surface area contributed by atoms with Crippen molar-refractivity contribution >= 4 is 7.60 Å². The summed E-state index contributed by atoms with van der Waals surface area (Å²) < 4.78 is 229. The molecule has 0 radical (unpaired) electrons. The molecule has 1 unspecified atom stereocenters. The number of hydrogen-bond donors (Lipinski definition) is 1.